The van der Waals surface area contributed by atoms with Gasteiger partial charge in [-0.25, -0.2) is 0 Å². The maximum Gasteiger partial charge on any atom is 0.254 e. The molecule has 0 saturated carbocycles. The number of rotatable bonds is 5. The number of carbonyl (C=O) groups excluding carboxylic acids is 2. The van der Waals surface area contributed by atoms with Gasteiger partial charge in [0.05, 0.1) is 32.8 Å². The zero-order valence-corrected chi connectivity index (χ0v) is 14.1. The average Bonchev–Trinajstić information content (AvgIpc) is 2.76. The molecule has 7 nitrogen and oxygen atoms in total. The van der Waals surface area contributed by atoms with Crippen LogP contribution in [-0.4, -0.2) is 67.9 Å². The van der Waals surface area contributed by atoms with Crippen molar-refractivity contribution < 1.29 is 24.2 Å². The van der Waals surface area contributed by atoms with Crippen LogP contribution < -0.4 is 5.32 Å². The molecule has 1 aromatic rings. The number of ether oxygens (including phenoxy) is 2. The third-order valence-corrected chi connectivity index (χ3v) is 3.90. The summed E-state index contributed by atoms with van der Waals surface area (Å²) < 4.78 is 10.5. The van der Waals surface area contributed by atoms with Crippen molar-refractivity contribution in [2.24, 2.45) is 0 Å². The zero-order chi connectivity index (χ0) is 17.6. The number of nitrogens with zero attached hydrogens (tertiary/aromatic N) is 1. The smallest absolute Gasteiger partial charge is 0.254 e. The Morgan fingerprint density at radius 1 is 1.46 bits per heavy atom. The van der Waals surface area contributed by atoms with E-state index in [4.69, 9.17) is 9.47 Å². The molecule has 2 amide bonds. The first kappa shape index (κ1) is 18.4. The largest absolute Gasteiger partial charge is 0.385 e. The molecule has 1 atom stereocenters. The van der Waals surface area contributed by atoms with Gasteiger partial charge in [-0.3, -0.25) is 9.59 Å². The summed E-state index contributed by atoms with van der Waals surface area (Å²) in [6, 6.07) is 7.18. The van der Waals surface area contributed by atoms with Gasteiger partial charge in [-0.1, -0.05) is 12.1 Å². The van der Waals surface area contributed by atoms with Crippen LogP contribution in [0.15, 0.2) is 24.3 Å². The molecule has 24 heavy (non-hydrogen) atoms. The molecule has 1 saturated heterocycles. The van der Waals surface area contributed by atoms with Gasteiger partial charge < -0.3 is 24.8 Å². The molecule has 0 aliphatic carbocycles. The zero-order valence-electron chi connectivity index (χ0n) is 14.1. The Morgan fingerprint density at radius 3 is 2.96 bits per heavy atom. The van der Waals surface area contributed by atoms with Crippen LogP contribution in [0.4, 0.5) is 0 Å². The van der Waals surface area contributed by atoms with Crippen LogP contribution in [0.5, 0.6) is 0 Å². The standard InChI is InChI=1S/C17H24N2O5/c1-18-15(20)9-17(22)11-19(6-7-24-12-17)16(21)14-5-3-4-13(8-14)10-23-2/h3-5,8,22H,6-7,9-12H2,1-2H3,(H,18,20)/t17-/m1/s1. The minimum atomic E-state index is -1.39. The highest BCUT2D eigenvalue weighted by Crippen LogP contribution is 2.19. The van der Waals surface area contributed by atoms with Gasteiger partial charge in [-0.2, -0.15) is 0 Å². The third-order valence-electron chi connectivity index (χ3n) is 3.90. The maximum absolute atomic E-state index is 12.8. The van der Waals surface area contributed by atoms with Crippen LogP contribution in [-0.2, 0) is 20.9 Å². The van der Waals surface area contributed by atoms with E-state index >= 15 is 0 Å². The highest BCUT2D eigenvalue weighted by Gasteiger charge is 2.36. The highest BCUT2D eigenvalue weighted by molar-refractivity contribution is 5.94. The van der Waals surface area contributed by atoms with E-state index in [0.717, 1.165) is 5.56 Å². The van der Waals surface area contributed by atoms with Gasteiger partial charge in [-0.05, 0) is 17.7 Å². The number of benzene rings is 1. The van der Waals surface area contributed by atoms with E-state index in [2.05, 4.69) is 5.32 Å². The Kier molecular flexibility index (Phi) is 6.30. The second-order valence-electron chi connectivity index (χ2n) is 5.99. The SMILES string of the molecule is CNC(=O)C[C@]1(O)COCCN(C(=O)c2cccc(COC)c2)C1. The van der Waals surface area contributed by atoms with Crippen molar-refractivity contribution in [3.05, 3.63) is 35.4 Å². The molecule has 1 aliphatic heterocycles. The molecule has 0 aromatic heterocycles. The molecule has 1 aromatic carbocycles. The number of aliphatic hydroxyl groups is 1. The minimum absolute atomic E-state index is 0.0217. The van der Waals surface area contributed by atoms with Crippen LogP contribution >= 0.6 is 0 Å². The maximum atomic E-state index is 12.8. The quantitative estimate of drug-likeness (QED) is 0.800. The Bertz CT molecular complexity index is 592. The molecular formula is C17H24N2O5. The number of hydrogen-bond acceptors (Lipinski definition) is 5. The highest BCUT2D eigenvalue weighted by atomic mass is 16.5. The molecule has 0 unspecified atom stereocenters. The van der Waals surface area contributed by atoms with Crippen molar-refractivity contribution in [1.82, 2.24) is 10.2 Å². The van der Waals surface area contributed by atoms with Gasteiger partial charge in [0, 0.05) is 26.3 Å². The molecule has 1 fully saturated rings. The van der Waals surface area contributed by atoms with Crippen LogP contribution in [0, 0.1) is 0 Å². The number of hydrogen-bond donors (Lipinski definition) is 2. The first-order valence-electron chi connectivity index (χ1n) is 7.85. The molecule has 0 bridgehead atoms. The first-order valence-corrected chi connectivity index (χ1v) is 7.85. The topological polar surface area (TPSA) is 88.1 Å². The van der Waals surface area contributed by atoms with Crippen molar-refractivity contribution in [1.29, 1.82) is 0 Å². The first-order chi connectivity index (χ1) is 11.5. The lowest BCUT2D eigenvalue weighted by atomic mass is 9.99. The summed E-state index contributed by atoms with van der Waals surface area (Å²) in [5, 5.41) is 13.1. The lowest BCUT2D eigenvalue weighted by Crippen LogP contribution is -2.49. The van der Waals surface area contributed by atoms with Gasteiger partial charge in [0.2, 0.25) is 5.91 Å². The van der Waals surface area contributed by atoms with Crippen molar-refractivity contribution in [3.63, 3.8) is 0 Å². The lowest BCUT2D eigenvalue weighted by Gasteiger charge is -2.30. The molecule has 1 aliphatic rings. The van der Waals surface area contributed by atoms with E-state index in [1.165, 1.54) is 11.9 Å². The second-order valence-corrected chi connectivity index (χ2v) is 5.99. The summed E-state index contributed by atoms with van der Waals surface area (Å²) in [5.41, 5.74) is 0.0277. The van der Waals surface area contributed by atoms with Crippen molar-refractivity contribution in [2.45, 2.75) is 18.6 Å². The molecule has 2 rings (SSSR count). The summed E-state index contributed by atoms with van der Waals surface area (Å²) in [5.74, 6) is -0.494. The number of β-amino-alcohol motifs (C(OH)–C–C–N with tert-alkyl or cyclic N) is 1. The van der Waals surface area contributed by atoms with Gasteiger partial charge >= 0.3 is 0 Å². The van der Waals surface area contributed by atoms with Crippen molar-refractivity contribution in [3.8, 4) is 0 Å². The van der Waals surface area contributed by atoms with E-state index in [-0.39, 0.29) is 31.4 Å². The van der Waals surface area contributed by atoms with E-state index in [9.17, 15) is 14.7 Å². The predicted molar refractivity (Wildman–Crippen MR) is 87.5 cm³/mol. The van der Waals surface area contributed by atoms with Gasteiger partial charge in [-0.15, -0.1) is 0 Å². The Hall–Kier alpha value is -1.96. The Balaban J connectivity index is 2.15. The lowest BCUT2D eigenvalue weighted by molar-refractivity contribution is -0.128. The van der Waals surface area contributed by atoms with Crippen LogP contribution in [0.2, 0.25) is 0 Å². The van der Waals surface area contributed by atoms with Gasteiger partial charge in [0.1, 0.15) is 5.60 Å². The summed E-state index contributed by atoms with van der Waals surface area (Å²) in [6.07, 6.45) is -0.114. The molecule has 7 heteroatoms. The van der Waals surface area contributed by atoms with Crippen molar-refractivity contribution in [2.75, 3.05) is 40.5 Å². The van der Waals surface area contributed by atoms with Crippen LogP contribution in [0.25, 0.3) is 0 Å². The monoisotopic (exact) mass is 336 g/mol. The molecular weight excluding hydrogens is 312 g/mol. The average molecular weight is 336 g/mol. The predicted octanol–water partition coefficient (Wildman–Crippen LogP) is 0.173. The Morgan fingerprint density at radius 2 is 2.25 bits per heavy atom. The van der Waals surface area contributed by atoms with Crippen molar-refractivity contribution >= 4 is 11.8 Å². The normalized spacial score (nSPS) is 21.2. The number of nitrogens with one attached hydrogen (secondary N) is 1. The number of amides is 2. The number of methoxy groups -OCH3 is 1. The fraction of sp³-hybridized carbons (Fsp3) is 0.529. The van der Waals surface area contributed by atoms with Crippen LogP contribution in [0.1, 0.15) is 22.3 Å². The number of carbonyl (C=O) groups is 2. The van der Waals surface area contributed by atoms with E-state index in [1.54, 1.807) is 25.3 Å². The summed E-state index contributed by atoms with van der Waals surface area (Å²) in [7, 11) is 3.10. The third kappa shape index (κ3) is 4.77. The fourth-order valence-electron chi connectivity index (χ4n) is 2.73. The molecule has 132 valence electrons. The Labute approximate surface area is 141 Å². The summed E-state index contributed by atoms with van der Waals surface area (Å²) >= 11 is 0. The van der Waals surface area contributed by atoms with E-state index < -0.39 is 5.60 Å². The van der Waals surface area contributed by atoms with Gasteiger partial charge in [0.25, 0.3) is 5.91 Å². The summed E-state index contributed by atoms with van der Waals surface area (Å²) in [4.78, 5) is 25.9. The van der Waals surface area contributed by atoms with Gasteiger partial charge in [0.15, 0.2) is 0 Å². The summed E-state index contributed by atoms with van der Waals surface area (Å²) in [6.45, 7) is 1.18. The molecule has 1 heterocycles. The van der Waals surface area contributed by atoms with E-state index in [1.807, 2.05) is 6.07 Å². The molecule has 0 spiro atoms. The fourth-order valence-corrected chi connectivity index (χ4v) is 2.73. The molecule has 0 radical (unpaired) electrons. The second kappa shape index (κ2) is 8.23. The molecule has 2 N–H and O–H groups in total. The van der Waals surface area contributed by atoms with Crippen LogP contribution in [0.3, 0.4) is 0 Å². The van der Waals surface area contributed by atoms with E-state index in [0.29, 0.717) is 25.3 Å². The minimum Gasteiger partial charge on any atom is -0.385 e.